The van der Waals surface area contributed by atoms with E-state index in [-0.39, 0.29) is 41.7 Å². The summed E-state index contributed by atoms with van der Waals surface area (Å²) in [5.74, 6) is -0.000771. The molecule has 35 heavy (non-hydrogen) atoms. The van der Waals surface area contributed by atoms with Crippen molar-refractivity contribution in [2.75, 3.05) is 6.54 Å². The molecular weight excluding hydrogens is 458 g/mol. The van der Waals surface area contributed by atoms with Crippen molar-refractivity contribution >= 4 is 23.2 Å². The van der Waals surface area contributed by atoms with Gasteiger partial charge in [-0.1, -0.05) is 58.9 Å². The fourth-order valence-electron chi connectivity index (χ4n) is 5.25. The van der Waals surface area contributed by atoms with Gasteiger partial charge in [-0.2, -0.15) is 0 Å². The number of β-amino-alcohol motifs (C(OH)–C–C–N with tert-alkyl or cyclic N) is 1. The number of amides is 2. The van der Waals surface area contributed by atoms with Crippen LogP contribution in [0.1, 0.15) is 71.6 Å². The molecule has 3 atom stereocenters. The van der Waals surface area contributed by atoms with Crippen LogP contribution in [0.15, 0.2) is 29.8 Å². The highest BCUT2D eigenvalue weighted by Gasteiger charge is 2.49. The number of carbonyl (C=O) groups excluding carboxylic acids is 2. The number of aliphatic hydroxyl groups excluding tert-OH is 1. The van der Waals surface area contributed by atoms with E-state index in [1.165, 1.54) is 0 Å². The van der Waals surface area contributed by atoms with Crippen LogP contribution >= 0.6 is 11.3 Å². The minimum Gasteiger partial charge on any atom is -0.391 e. The third kappa shape index (κ3) is 5.46. The summed E-state index contributed by atoms with van der Waals surface area (Å²) in [5.41, 5.74) is 4.49. The molecule has 0 unspecified atom stereocenters. The van der Waals surface area contributed by atoms with Crippen molar-refractivity contribution in [1.82, 2.24) is 15.2 Å². The van der Waals surface area contributed by atoms with Gasteiger partial charge in [0.2, 0.25) is 11.8 Å². The first kappa shape index (κ1) is 25.8. The van der Waals surface area contributed by atoms with Crippen molar-refractivity contribution < 1.29 is 14.7 Å². The minimum atomic E-state index is -0.675. The molecular formula is C28H39N3O3S. The van der Waals surface area contributed by atoms with Gasteiger partial charge in [0.1, 0.15) is 6.04 Å². The van der Waals surface area contributed by atoms with Gasteiger partial charge in [0.05, 0.1) is 27.7 Å². The van der Waals surface area contributed by atoms with Crippen LogP contribution in [-0.4, -0.2) is 45.5 Å². The number of nitrogens with one attached hydrogen (secondary N) is 1. The van der Waals surface area contributed by atoms with Crippen LogP contribution in [-0.2, 0) is 15.1 Å². The average Bonchev–Trinajstić information content (AvgIpc) is 3.25. The van der Waals surface area contributed by atoms with E-state index in [0.29, 0.717) is 5.92 Å². The second-order valence-corrected chi connectivity index (χ2v) is 12.7. The highest BCUT2D eigenvalue weighted by molar-refractivity contribution is 7.13. The summed E-state index contributed by atoms with van der Waals surface area (Å²) >= 11 is 1.63. The number of hydrogen-bond acceptors (Lipinski definition) is 5. The van der Waals surface area contributed by atoms with Crippen LogP contribution in [0.25, 0.3) is 10.4 Å². The summed E-state index contributed by atoms with van der Waals surface area (Å²) in [6.07, 6.45) is 2.12. The maximum absolute atomic E-state index is 13.6. The summed E-state index contributed by atoms with van der Waals surface area (Å²) in [7, 11) is 0. The van der Waals surface area contributed by atoms with Gasteiger partial charge in [0.15, 0.2) is 0 Å². The Morgan fingerprint density at radius 3 is 2.40 bits per heavy atom. The fraction of sp³-hybridized carbons (Fsp3) is 0.607. The molecule has 190 valence electrons. The Morgan fingerprint density at radius 2 is 1.89 bits per heavy atom. The number of likely N-dealkylation sites (tertiary alicyclic amines) is 1. The van der Waals surface area contributed by atoms with E-state index in [1.807, 2.05) is 12.4 Å². The molecule has 2 fully saturated rings. The van der Waals surface area contributed by atoms with E-state index < -0.39 is 12.1 Å². The smallest absolute Gasteiger partial charge is 0.243 e. The quantitative estimate of drug-likeness (QED) is 0.570. The Balaban J connectivity index is 1.50. The SMILES string of the molecule is Cc1ncsc1-c1ccc(C2(NC(=O)[C@@H]3C[C@@H](O)CN3C(=O)[C@@H](CC(C)C)C(C)(C)C)CC2)cc1. The maximum Gasteiger partial charge on any atom is 0.243 e. The number of rotatable bonds is 7. The Kier molecular flexibility index (Phi) is 7.13. The summed E-state index contributed by atoms with van der Waals surface area (Å²) < 4.78 is 0. The molecule has 6 nitrogen and oxygen atoms in total. The number of hydrogen-bond donors (Lipinski definition) is 2. The summed E-state index contributed by atoms with van der Waals surface area (Å²) in [5, 5.41) is 13.7. The molecule has 2 aromatic rings. The summed E-state index contributed by atoms with van der Waals surface area (Å²) in [4.78, 5) is 34.3. The Hall–Kier alpha value is -2.25. The van der Waals surface area contributed by atoms with Crippen molar-refractivity contribution in [3.63, 3.8) is 0 Å². The highest BCUT2D eigenvalue weighted by atomic mass is 32.1. The van der Waals surface area contributed by atoms with Crippen LogP contribution in [0.4, 0.5) is 0 Å². The largest absolute Gasteiger partial charge is 0.391 e. The lowest BCUT2D eigenvalue weighted by molar-refractivity contribution is -0.145. The first-order chi connectivity index (χ1) is 16.4. The second kappa shape index (κ2) is 9.66. The predicted octanol–water partition coefficient (Wildman–Crippen LogP) is 4.89. The van der Waals surface area contributed by atoms with Crippen molar-refractivity contribution in [2.45, 2.75) is 84.9 Å². The van der Waals surface area contributed by atoms with Crippen LogP contribution in [0.5, 0.6) is 0 Å². The number of nitrogens with zero attached hydrogens (tertiary/aromatic N) is 2. The van der Waals surface area contributed by atoms with Gasteiger partial charge in [0, 0.05) is 18.9 Å². The monoisotopic (exact) mass is 497 g/mol. The molecule has 7 heteroatoms. The topological polar surface area (TPSA) is 82.5 Å². The van der Waals surface area contributed by atoms with Crippen LogP contribution in [0.2, 0.25) is 0 Å². The molecule has 1 aliphatic carbocycles. The molecule has 2 aliphatic rings. The lowest BCUT2D eigenvalue weighted by Crippen LogP contribution is -2.51. The van der Waals surface area contributed by atoms with Gasteiger partial charge in [-0.25, -0.2) is 4.98 Å². The molecule has 1 saturated heterocycles. The van der Waals surface area contributed by atoms with Crippen LogP contribution < -0.4 is 5.32 Å². The van der Waals surface area contributed by atoms with Crippen molar-refractivity contribution in [3.8, 4) is 10.4 Å². The van der Waals surface area contributed by atoms with Gasteiger partial charge in [-0.15, -0.1) is 11.3 Å². The van der Waals surface area contributed by atoms with E-state index in [0.717, 1.165) is 41.0 Å². The summed E-state index contributed by atoms with van der Waals surface area (Å²) in [6.45, 7) is 12.7. The van der Waals surface area contributed by atoms with Gasteiger partial charge in [-0.05, 0) is 48.6 Å². The van der Waals surface area contributed by atoms with Crippen molar-refractivity contribution in [2.24, 2.45) is 17.3 Å². The predicted molar refractivity (Wildman–Crippen MR) is 140 cm³/mol. The average molecular weight is 498 g/mol. The highest BCUT2D eigenvalue weighted by Crippen LogP contribution is 2.46. The molecule has 0 spiro atoms. The first-order valence-electron chi connectivity index (χ1n) is 12.7. The number of carbonyl (C=O) groups is 2. The van der Waals surface area contributed by atoms with Gasteiger partial charge >= 0.3 is 0 Å². The normalized spacial score (nSPS) is 22.3. The van der Waals surface area contributed by atoms with Gasteiger partial charge in [0.25, 0.3) is 0 Å². The molecule has 1 saturated carbocycles. The van der Waals surface area contributed by atoms with Crippen LogP contribution in [0.3, 0.4) is 0 Å². The van der Waals surface area contributed by atoms with E-state index >= 15 is 0 Å². The molecule has 2 N–H and O–H groups in total. The fourth-order valence-corrected chi connectivity index (χ4v) is 6.06. The zero-order chi connectivity index (χ0) is 25.5. The summed E-state index contributed by atoms with van der Waals surface area (Å²) in [6, 6.07) is 7.73. The number of aromatic nitrogens is 1. The molecule has 1 aliphatic heterocycles. The maximum atomic E-state index is 13.6. The Labute approximate surface area is 213 Å². The third-order valence-corrected chi connectivity index (χ3v) is 8.45. The molecule has 0 radical (unpaired) electrons. The van der Waals surface area contributed by atoms with Crippen LogP contribution in [0, 0.1) is 24.2 Å². The standard InChI is InChI=1S/C28H39N3O3S/c1-17(2)13-22(27(4,5)6)26(34)31-15-21(32)14-23(31)25(33)30-28(11-12-28)20-9-7-19(8-10-20)24-18(3)29-16-35-24/h7-10,16-17,21-23,32H,11-15H2,1-6H3,(H,30,33)/t21-,22-,23+/m1/s1. The Morgan fingerprint density at radius 1 is 1.23 bits per heavy atom. The molecule has 1 aromatic heterocycles. The van der Waals surface area contributed by atoms with Gasteiger partial charge in [-0.3, -0.25) is 9.59 Å². The number of aryl methyl sites for hydroxylation is 1. The number of thiazole rings is 1. The zero-order valence-electron chi connectivity index (χ0n) is 21.8. The number of aliphatic hydroxyl groups is 1. The van der Waals surface area contributed by atoms with Crippen molar-refractivity contribution in [3.05, 3.63) is 41.0 Å². The lowest BCUT2D eigenvalue weighted by Gasteiger charge is -2.36. The van der Waals surface area contributed by atoms with Crippen molar-refractivity contribution in [1.29, 1.82) is 0 Å². The molecule has 1 aromatic carbocycles. The van der Waals surface area contributed by atoms with Gasteiger partial charge < -0.3 is 15.3 Å². The van der Waals surface area contributed by atoms with E-state index in [2.05, 4.69) is 69.2 Å². The van der Waals surface area contributed by atoms with E-state index in [4.69, 9.17) is 0 Å². The second-order valence-electron chi connectivity index (χ2n) is 11.9. The molecule has 0 bridgehead atoms. The molecule has 4 rings (SSSR count). The minimum absolute atomic E-state index is 0.0166. The van der Waals surface area contributed by atoms with E-state index in [9.17, 15) is 14.7 Å². The first-order valence-corrected chi connectivity index (χ1v) is 13.6. The number of benzene rings is 1. The Bertz CT molecular complexity index is 1070. The molecule has 2 amide bonds. The third-order valence-electron chi connectivity index (χ3n) is 7.47. The lowest BCUT2D eigenvalue weighted by atomic mass is 9.75. The van der Waals surface area contributed by atoms with E-state index in [1.54, 1.807) is 16.2 Å². The molecule has 2 heterocycles. The zero-order valence-corrected chi connectivity index (χ0v) is 22.6.